The van der Waals surface area contributed by atoms with Gasteiger partial charge in [0.15, 0.2) is 5.78 Å². The summed E-state index contributed by atoms with van der Waals surface area (Å²) in [6, 6.07) is 3.30. The van der Waals surface area contributed by atoms with E-state index in [2.05, 4.69) is 4.98 Å². The third kappa shape index (κ3) is 3.44. The number of carbonyl (C=O) groups excluding carboxylic acids is 1. The van der Waals surface area contributed by atoms with Gasteiger partial charge in [0.05, 0.1) is 0 Å². The quantitative estimate of drug-likeness (QED) is 0.428. The SMILES string of the molecule is COCCCC(=O)c1ccc(Cl)nc1. The molecule has 0 aliphatic rings. The summed E-state index contributed by atoms with van der Waals surface area (Å²) < 4.78 is 4.86. The molecule has 0 amide bonds. The molecule has 0 bridgehead atoms. The van der Waals surface area contributed by atoms with Crippen molar-refractivity contribution < 1.29 is 9.53 Å². The van der Waals surface area contributed by atoms with E-state index in [1.807, 2.05) is 0 Å². The van der Waals surface area contributed by atoms with Gasteiger partial charge in [0.1, 0.15) is 5.15 Å². The van der Waals surface area contributed by atoms with E-state index in [-0.39, 0.29) is 5.78 Å². The molecule has 1 rings (SSSR count). The fourth-order valence-electron chi connectivity index (χ4n) is 1.06. The van der Waals surface area contributed by atoms with Crippen LogP contribution in [0.2, 0.25) is 5.15 Å². The predicted molar refractivity (Wildman–Crippen MR) is 54.7 cm³/mol. The molecule has 76 valence electrons. The van der Waals surface area contributed by atoms with E-state index in [0.29, 0.717) is 23.7 Å². The van der Waals surface area contributed by atoms with E-state index in [0.717, 1.165) is 6.42 Å². The van der Waals surface area contributed by atoms with Crippen LogP contribution in [0.25, 0.3) is 0 Å². The van der Waals surface area contributed by atoms with Crippen molar-refractivity contribution in [1.29, 1.82) is 0 Å². The molecule has 0 unspecified atom stereocenters. The third-order valence-electron chi connectivity index (χ3n) is 1.80. The van der Waals surface area contributed by atoms with Crippen LogP contribution in [-0.2, 0) is 4.74 Å². The first-order chi connectivity index (χ1) is 6.74. The normalized spacial score (nSPS) is 10.1. The molecule has 0 saturated carbocycles. The van der Waals surface area contributed by atoms with Crippen LogP contribution in [0.4, 0.5) is 0 Å². The van der Waals surface area contributed by atoms with Gasteiger partial charge in [-0.05, 0) is 18.6 Å². The minimum Gasteiger partial charge on any atom is -0.385 e. The summed E-state index contributed by atoms with van der Waals surface area (Å²) in [6.45, 7) is 0.604. The van der Waals surface area contributed by atoms with Crippen molar-refractivity contribution in [1.82, 2.24) is 4.98 Å². The number of hydrogen-bond acceptors (Lipinski definition) is 3. The van der Waals surface area contributed by atoms with Gasteiger partial charge in [-0.25, -0.2) is 4.98 Å². The number of aromatic nitrogens is 1. The smallest absolute Gasteiger partial charge is 0.164 e. The molecule has 0 aromatic carbocycles. The molecular formula is C10H12ClNO2. The second-order valence-corrected chi connectivity index (χ2v) is 3.28. The van der Waals surface area contributed by atoms with Crippen LogP contribution in [0.3, 0.4) is 0 Å². The molecule has 4 heteroatoms. The number of halogens is 1. The van der Waals surface area contributed by atoms with E-state index in [9.17, 15) is 4.79 Å². The Kier molecular flexibility index (Phi) is 4.56. The van der Waals surface area contributed by atoms with Gasteiger partial charge < -0.3 is 4.74 Å². The van der Waals surface area contributed by atoms with Gasteiger partial charge in [-0.15, -0.1) is 0 Å². The predicted octanol–water partition coefficient (Wildman–Crippen LogP) is 2.34. The van der Waals surface area contributed by atoms with E-state index in [4.69, 9.17) is 16.3 Å². The molecule has 1 aromatic heterocycles. The zero-order valence-corrected chi connectivity index (χ0v) is 8.75. The monoisotopic (exact) mass is 213 g/mol. The molecule has 3 nitrogen and oxygen atoms in total. The summed E-state index contributed by atoms with van der Waals surface area (Å²) in [5, 5.41) is 0.401. The fourth-order valence-corrected chi connectivity index (χ4v) is 1.17. The van der Waals surface area contributed by atoms with Crippen molar-refractivity contribution in [2.75, 3.05) is 13.7 Å². The van der Waals surface area contributed by atoms with E-state index in [1.165, 1.54) is 6.20 Å². The molecular weight excluding hydrogens is 202 g/mol. The highest BCUT2D eigenvalue weighted by molar-refractivity contribution is 6.29. The lowest BCUT2D eigenvalue weighted by Gasteiger charge is -2.00. The number of Topliss-reactive ketones (excluding diaryl/α,β-unsaturated/α-hetero) is 1. The van der Waals surface area contributed by atoms with Gasteiger partial charge in [-0.3, -0.25) is 4.79 Å². The molecule has 1 heterocycles. The molecule has 0 radical (unpaired) electrons. The van der Waals surface area contributed by atoms with Crippen molar-refractivity contribution in [2.24, 2.45) is 0 Å². The number of ether oxygens (including phenoxy) is 1. The number of carbonyl (C=O) groups is 1. The van der Waals surface area contributed by atoms with Gasteiger partial charge >= 0.3 is 0 Å². The minimum absolute atomic E-state index is 0.0752. The van der Waals surface area contributed by atoms with Crippen LogP contribution in [0.1, 0.15) is 23.2 Å². The van der Waals surface area contributed by atoms with Crippen LogP contribution in [0.15, 0.2) is 18.3 Å². The second-order valence-electron chi connectivity index (χ2n) is 2.89. The molecule has 0 atom stereocenters. The fraction of sp³-hybridized carbons (Fsp3) is 0.400. The van der Waals surface area contributed by atoms with E-state index >= 15 is 0 Å². The number of nitrogens with zero attached hydrogens (tertiary/aromatic N) is 1. The molecule has 14 heavy (non-hydrogen) atoms. The van der Waals surface area contributed by atoms with Crippen molar-refractivity contribution in [3.05, 3.63) is 29.0 Å². The van der Waals surface area contributed by atoms with Crippen LogP contribution in [-0.4, -0.2) is 24.5 Å². The molecule has 0 aliphatic carbocycles. The first-order valence-electron chi connectivity index (χ1n) is 4.37. The van der Waals surface area contributed by atoms with Crippen molar-refractivity contribution in [3.8, 4) is 0 Å². The molecule has 0 spiro atoms. The average molecular weight is 214 g/mol. The highest BCUT2D eigenvalue weighted by Gasteiger charge is 2.05. The minimum atomic E-state index is 0.0752. The zero-order chi connectivity index (χ0) is 10.4. The molecule has 0 fully saturated rings. The maximum atomic E-state index is 11.5. The summed E-state index contributed by atoms with van der Waals surface area (Å²) in [7, 11) is 1.62. The Hall–Kier alpha value is -0.930. The number of rotatable bonds is 5. The number of pyridine rings is 1. The Bertz CT molecular complexity index is 297. The van der Waals surface area contributed by atoms with Gasteiger partial charge in [0.25, 0.3) is 0 Å². The molecule has 0 saturated heterocycles. The van der Waals surface area contributed by atoms with Crippen LogP contribution in [0.5, 0.6) is 0 Å². The summed E-state index contributed by atoms with van der Waals surface area (Å²) in [5.74, 6) is 0.0752. The van der Waals surface area contributed by atoms with Crippen molar-refractivity contribution in [3.63, 3.8) is 0 Å². The summed E-state index contributed by atoms with van der Waals surface area (Å²) in [4.78, 5) is 15.3. The Morgan fingerprint density at radius 3 is 2.93 bits per heavy atom. The largest absolute Gasteiger partial charge is 0.385 e. The Morgan fingerprint density at radius 2 is 2.36 bits per heavy atom. The average Bonchev–Trinajstić information content (AvgIpc) is 2.19. The Labute approximate surface area is 88.1 Å². The first-order valence-corrected chi connectivity index (χ1v) is 4.75. The summed E-state index contributed by atoms with van der Waals surface area (Å²) in [5.41, 5.74) is 0.602. The molecule has 1 aromatic rings. The third-order valence-corrected chi connectivity index (χ3v) is 2.03. The lowest BCUT2D eigenvalue weighted by molar-refractivity contribution is 0.0963. The molecule has 0 N–H and O–H groups in total. The Balaban J connectivity index is 2.48. The van der Waals surface area contributed by atoms with E-state index in [1.54, 1.807) is 19.2 Å². The standard InChI is InChI=1S/C10H12ClNO2/c1-14-6-2-3-9(13)8-4-5-10(11)12-7-8/h4-5,7H,2-3,6H2,1H3. The van der Waals surface area contributed by atoms with Gasteiger partial charge in [-0.2, -0.15) is 0 Å². The zero-order valence-electron chi connectivity index (χ0n) is 8.00. The highest BCUT2D eigenvalue weighted by Crippen LogP contribution is 2.08. The van der Waals surface area contributed by atoms with E-state index < -0.39 is 0 Å². The molecule has 0 aliphatic heterocycles. The topological polar surface area (TPSA) is 39.2 Å². The van der Waals surface area contributed by atoms with Crippen LogP contribution >= 0.6 is 11.6 Å². The van der Waals surface area contributed by atoms with Crippen molar-refractivity contribution in [2.45, 2.75) is 12.8 Å². The number of methoxy groups -OCH3 is 1. The highest BCUT2D eigenvalue weighted by atomic mass is 35.5. The van der Waals surface area contributed by atoms with Crippen molar-refractivity contribution >= 4 is 17.4 Å². The van der Waals surface area contributed by atoms with Gasteiger partial charge in [0, 0.05) is 31.9 Å². The lowest BCUT2D eigenvalue weighted by atomic mass is 10.1. The van der Waals surface area contributed by atoms with Crippen LogP contribution in [0, 0.1) is 0 Å². The van der Waals surface area contributed by atoms with Crippen LogP contribution < -0.4 is 0 Å². The summed E-state index contributed by atoms with van der Waals surface area (Å²) >= 11 is 5.60. The van der Waals surface area contributed by atoms with Gasteiger partial charge in [0.2, 0.25) is 0 Å². The number of ketones is 1. The second kappa shape index (κ2) is 5.73. The first kappa shape index (κ1) is 11.1. The lowest BCUT2D eigenvalue weighted by Crippen LogP contribution is -2.01. The number of hydrogen-bond donors (Lipinski definition) is 0. The maximum Gasteiger partial charge on any atom is 0.164 e. The summed E-state index contributed by atoms with van der Waals surface area (Å²) in [6.07, 6.45) is 2.71. The Morgan fingerprint density at radius 1 is 1.57 bits per heavy atom. The maximum absolute atomic E-state index is 11.5. The van der Waals surface area contributed by atoms with Gasteiger partial charge in [-0.1, -0.05) is 11.6 Å².